The molecule has 0 aliphatic carbocycles. The van der Waals surface area contributed by atoms with E-state index in [1.807, 2.05) is 0 Å². The summed E-state index contributed by atoms with van der Waals surface area (Å²) in [5, 5.41) is 0. The van der Waals surface area contributed by atoms with Crippen molar-refractivity contribution in [1.29, 1.82) is 0 Å². The Balaban J connectivity index is 3.22. The van der Waals surface area contributed by atoms with Gasteiger partial charge in [-0.05, 0) is 36.6 Å². The number of ether oxygens (including phenoxy) is 1. The lowest BCUT2D eigenvalue weighted by Gasteiger charge is -2.13. The monoisotopic (exact) mass is 244 g/mol. The molecule has 0 aromatic heterocycles. The van der Waals surface area contributed by atoms with Crippen LogP contribution in [-0.4, -0.2) is 13.3 Å². The molecule has 0 fully saturated rings. The van der Waals surface area contributed by atoms with E-state index in [-0.39, 0.29) is 5.56 Å². The average Bonchev–Trinajstić information content (AvgIpc) is 2.24. The first-order valence-corrected chi connectivity index (χ1v) is 5.32. The molecule has 0 radical (unpaired) electrons. The van der Waals surface area contributed by atoms with Gasteiger partial charge >= 0.3 is 6.18 Å². The Morgan fingerprint density at radius 3 is 2.41 bits per heavy atom. The predicted molar refractivity (Wildman–Crippen MR) is 62.1 cm³/mol. The fourth-order valence-corrected chi connectivity index (χ4v) is 1.65. The maximum atomic E-state index is 12.8. The molecule has 0 amide bonds. The molecule has 1 aromatic rings. The lowest BCUT2D eigenvalue weighted by Crippen LogP contribution is -2.11. The molecule has 0 heterocycles. The summed E-state index contributed by atoms with van der Waals surface area (Å²) in [4.78, 5) is 0. The minimum absolute atomic E-state index is 0.178. The fourth-order valence-electron chi connectivity index (χ4n) is 1.65. The molecule has 0 aliphatic heterocycles. The Hall–Kier alpha value is -1.45. The minimum Gasteiger partial charge on any atom is -0.496 e. The molecule has 94 valence electrons. The van der Waals surface area contributed by atoms with Gasteiger partial charge in [-0.3, -0.25) is 0 Å². The van der Waals surface area contributed by atoms with E-state index < -0.39 is 11.7 Å². The van der Waals surface area contributed by atoms with Crippen molar-refractivity contribution in [2.75, 3.05) is 7.11 Å². The van der Waals surface area contributed by atoms with Crippen LogP contribution < -0.4 is 4.74 Å². The molecule has 17 heavy (non-hydrogen) atoms. The van der Waals surface area contributed by atoms with Crippen LogP contribution in [0.3, 0.4) is 0 Å². The van der Waals surface area contributed by atoms with E-state index in [0.29, 0.717) is 17.7 Å². The first kappa shape index (κ1) is 13.6. The molecule has 0 saturated heterocycles. The van der Waals surface area contributed by atoms with Crippen molar-refractivity contribution >= 4 is 5.57 Å². The van der Waals surface area contributed by atoms with Crippen molar-refractivity contribution in [2.24, 2.45) is 0 Å². The molecule has 0 saturated carbocycles. The number of allylic oxidation sites excluding steroid dienone is 2. The number of rotatable bonds is 3. The highest BCUT2D eigenvalue weighted by Gasteiger charge is 2.34. The molecule has 1 nitrogen and oxygen atoms in total. The third kappa shape index (κ3) is 3.25. The lowest BCUT2D eigenvalue weighted by molar-refractivity contribution is -0.0690. The predicted octanol–water partition coefficient (Wildman–Crippen LogP) is 4.36. The van der Waals surface area contributed by atoms with Crippen LogP contribution in [0.4, 0.5) is 13.2 Å². The van der Waals surface area contributed by atoms with Crippen molar-refractivity contribution in [1.82, 2.24) is 0 Å². The second-order valence-electron chi connectivity index (χ2n) is 3.71. The normalized spacial score (nSPS) is 12.7. The molecular weight excluding hydrogens is 229 g/mol. The Labute approximate surface area is 98.9 Å². The molecule has 0 unspecified atom stereocenters. The van der Waals surface area contributed by atoms with Gasteiger partial charge in [-0.2, -0.15) is 13.2 Å². The second-order valence-corrected chi connectivity index (χ2v) is 3.71. The van der Waals surface area contributed by atoms with Crippen LogP contribution in [-0.2, 0) is 0 Å². The van der Waals surface area contributed by atoms with Crippen LogP contribution in [0.5, 0.6) is 5.75 Å². The highest BCUT2D eigenvalue weighted by Crippen LogP contribution is 2.35. The summed E-state index contributed by atoms with van der Waals surface area (Å²) in [6, 6.07) is 4.48. The van der Waals surface area contributed by atoms with Crippen LogP contribution in [0.2, 0.25) is 0 Å². The highest BCUT2D eigenvalue weighted by molar-refractivity contribution is 5.70. The van der Waals surface area contributed by atoms with Gasteiger partial charge in [0.15, 0.2) is 0 Å². The summed E-state index contributed by atoms with van der Waals surface area (Å²) in [6.45, 7) is 3.41. The van der Waals surface area contributed by atoms with Gasteiger partial charge in [0, 0.05) is 0 Å². The number of alkyl halides is 3. The van der Waals surface area contributed by atoms with Gasteiger partial charge in [-0.1, -0.05) is 19.1 Å². The van der Waals surface area contributed by atoms with Gasteiger partial charge in [-0.15, -0.1) is 0 Å². The minimum atomic E-state index is -4.32. The number of halogens is 3. The van der Waals surface area contributed by atoms with Crippen LogP contribution in [0.25, 0.3) is 5.57 Å². The topological polar surface area (TPSA) is 9.23 Å². The molecule has 0 atom stereocenters. The maximum Gasteiger partial charge on any atom is 0.416 e. The number of benzene rings is 1. The van der Waals surface area contributed by atoms with E-state index in [4.69, 9.17) is 4.74 Å². The number of aryl methyl sites for hydroxylation is 1. The van der Waals surface area contributed by atoms with E-state index in [2.05, 4.69) is 0 Å². The number of hydrogen-bond donors (Lipinski definition) is 0. The van der Waals surface area contributed by atoms with Crippen molar-refractivity contribution in [3.8, 4) is 5.75 Å². The highest BCUT2D eigenvalue weighted by atomic mass is 19.4. The van der Waals surface area contributed by atoms with Crippen LogP contribution in [0, 0.1) is 6.92 Å². The average molecular weight is 244 g/mol. The van der Waals surface area contributed by atoms with Gasteiger partial charge in [0.05, 0.1) is 12.7 Å². The first-order valence-electron chi connectivity index (χ1n) is 5.32. The van der Waals surface area contributed by atoms with E-state index in [9.17, 15) is 13.2 Å². The largest absolute Gasteiger partial charge is 0.496 e. The van der Waals surface area contributed by atoms with E-state index in [0.717, 1.165) is 0 Å². The van der Waals surface area contributed by atoms with Gasteiger partial charge in [0.1, 0.15) is 5.75 Å². The van der Waals surface area contributed by atoms with E-state index in [1.165, 1.54) is 25.3 Å². The Kier molecular flexibility index (Phi) is 4.21. The molecule has 4 heteroatoms. The summed E-state index contributed by atoms with van der Waals surface area (Å²) in [6.07, 6.45) is -2.78. The Bertz CT molecular complexity index is 419. The van der Waals surface area contributed by atoms with E-state index >= 15 is 0 Å². The third-order valence-corrected chi connectivity index (χ3v) is 2.42. The first-order chi connectivity index (χ1) is 7.90. The number of methoxy groups -OCH3 is 1. The Morgan fingerprint density at radius 2 is 2.00 bits per heavy atom. The van der Waals surface area contributed by atoms with E-state index in [1.54, 1.807) is 19.9 Å². The smallest absolute Gasteiger partial charge is 0.416 e. The summed E-state index contributed by atoms with van der Waals surface area (Å²) >= 11 is 0. The summed E-state index contributed by atoms with van der Waals surface area (Å²) in [5.74, 6) is 0.590. The lowest BCUT2D eigenvalue weighted by atomic mass is 10.0. The maximum absolute atomic E-state index is 12.8. The molecule has 0 spiro atoms. The molecule has 1 aromatic carbocycles. The van der Waals surface area contributed by atoms with Crippen molar-refractivity contribution in [3.05, 3.63) is 35.4 Å². The molecule has 0 aliphatic rings. The van der Waals surface area contributed by atoms with Crippen molar-refractivity contribution in [3.63, 3.8) is 0 Å². The quantitative estimate of drug-likeness (QED) is 0.767. The third-order valence-electron chi connectivity index (χ3n) is 2.42. The molecular formula is C13H15F3O. The SMILES string of the molecule is CC/C=C(\c1ccc(OC)c(C)c1)C(F)(F)F. The molecule has 1 rings (SSSR count). The van der Waals surface area contributed by atoms with Crippen molar-refractivity contribution in [2.45, 2.75) is 26.4 Å². The summed E-state index contributed by atoms with van der Waals surface area (Å²) in [7, 11) is 1.49. The second kappa shape index (κ2) is 5.25. The van der Waals surface area contributed by atoms with Crippen LogP contribution >= 0.6 is 0 Å². The van der Waals surface area contributed by atoms with Crippen molar-refractivity contribution < 1.29 is 17.9 Å². The van der Waals surface area contributed by atoms with Gasteiger partial charge in [-0.25, -0.2) is 0 Å². The number of hydrogen-bond acceptors (Lipinski definition) is 1. The molecule has 0 N–H and O–H groups in total. The van der Waals surface area contributed by atoms with Crippen LogP contribution in [0.15, 0.2) is 24.3 Å². The van der Waals surface area contributed by atoms with Gasteiger partial charge in [0.25, 0.3) is 0 Å². The van der Waals surface area contributed by atoms with Gasteiger partial charge in [0.2, 0.25) is 0 Å². The zero-order valence-corrected chi connectivity index (χ0v) is 10.1. The summed E-state index contributed by atoms with van der Waals surface area (Å²) < 4.78 is 43.4. The standard InChI is InChI=1S/C13H15F3O/c1-4-5-11(13(14,15)16)10-6-7-12(17-3)9(2)8-10/h5-8H,4H2,1-3H3/b11-5+. The van der Waals surface area contributed by atoms with Gasteiger partial charge < -0.3 is 4.74 Å². The molecule has 0 bridgehead atoms. The fraction of sp³-hybridized carbons (Fsp3) is 0.385. The zero-order chi connectivity index (χ0) is 13.1. The Morgan fingerprint density at radius 1 is 1.35 bits per heavy atom. The summed E-state index contributed by atoms with van der Waals surface area (Å²) in [5.41, 5.74) is 0.277. The zero-order valence-electron chi connectivity index (χ0n) is 10.1. The van der Waals surface area contributed by atoms with Crippen LogP contribution in [0.1, 0.15) is 24.5 Å².